The van der Waals surface area contributed by atoms with Crippen molar-refractivity contribution in [2.45, 2.75) is 31.1 Å². The largest absolute Gasteiger partial charge is 0.390 e. The van der Waals surface area contributed by atoms with Crippen LogP contribution in [0.1, 0.15) is 12.8 Å². The summed E-state index contributed by atoms with van der Waals surface area (Å²) in [5.74, 6) is 0.817. The Hall–Kier alpha value is -0.910. The minimum atomic E-state index is -0.620. The molecule has 2 heterocycles. The van der Waals surface area contributed by atoms with Gasteiger partial charge in [0.25, 0.3) is 0 Å². The molecule has 0 aromatic heterocycles. The second kappa shape index (κ2) is 4.64. The maximum Gasteiger partial charge on any atom is 0.243 e. The number of carbonyl (C=O) groups excluding carboxylic acids is 1. The van der Waals surface area contributed by atoms with Gasteiger partial charge < -0.3 is 15.1 Å². The molecule has 18 heavy (non-hydrogen) atoms. The number of aliphatic hydroxyl groups excluding tert-OH is 2. The van der Waals surface area contributed by atoms with E-state index in [2.05, 4.69) is 5.32 Å². The highest BCUT2D eigenvalue weighted by atomic mass is 16.3. The van der Waals surface area contributed by atoms with E-state index in [1.807, 2.05) is 17.1 Å². The molecular formula is C13H20N2O3. The molecule has 3 N–H and O–H groups in total. The van der Waals surface area contributed by atoms with E-state index >= 15 is 0 Å². The average Bonchev–Trinajstić information content (AvgIpc) is 2.97. The predicted octanol–water partition coefficient (Wildman–Crippen LogP) is -0.895. The van der Waals surface area contributed by atoms with Crippen molar-refractivity contribution in [3.05, 3.63) is 12.2 Å². The van der Waals surface area contributed by atoms with Gasteiger partial charge in [-0.25, -0.2) is 0 Å². The molecule has 5 atom stereocenters. The van der Waals surface area contributed by atoms with Gasteiger partial charge in [0.05, 0.1) is 12.2 Å². The highest BCUT2D eigenvalue weighted by Crippen LogP contribution is 2.36. The Balaban J connectivity index is 1.64. The lowest BCUT2D eigenvalue weighted by Crippen LogP contribution is -2.42. The van der Waals surface area contributed by atoms with Gasteiger partial charge in [-0.1, -0.05) is 12.2 Å². The Labute approximate surface area is 106 Å². The molecule has 2 fully saturated rings. The van der Waals surface area contributed by atoms with Crippen LogP contribution >= 0.6 is 0 Å². The summed E-state index contributed by atoms with van der Waals surface area (Å²) in [5, 5.41) is 22.5. The van der Waals surface area contributed by atoms with Crippen molar-refractivity contribution < 1.29 is 15.0 Å². The summed E-state index contributed by atoms with van der Waals surface area (Å²) in [7, 11) is 0. The second-order valence-corrected chi connectivity index (χ2v) is 5.68. The molecule has 100 valence electrons. The number of fused-ring (bicyclic) bond motifs is 1. The minimum Gasteiger partial charge on any atom is -0.390 e. The van der Waals surface area contributed by atoms with Crippen molar-refractivity contribution in [3.63, 3.8) is 0 Å². The molecule has 5 heteroatoms. The van der Waals surface area contributed by atoms with E-state index < -0.39 is 12.2 Å². The van der Waals surface area contributed by atoms with E-state index in [4.69, 9.17) is 0 Å². The van der Waals surface area contributed by atoms with Gasteiger partial charge in [0.1, 0.15) is 6.04 Å². The highest BCUT2D eigenvalue weighted by molar-refractivity contribution is 5.84. The fraction of sp³-hybridized carbons (Fsp3) is 0.769. The average molecular weight is 252 g/mol. The fourth-order valence-electron chi connectivity index (χ4n) is 3.42. The molecule has 0 aromatic carbocycles. The standard InChI is InChI=1S/C13H20N2O3/c16-11-4-8-6-15(7-9(8)5-12(11)17)13(18)10-2-1-3-14-10/h1-2,8-12,14,16-17H,3-7H2/t8-,9+,10?,11+,12-. The summed E-state index contributed by atoms with van der Waals surface area (Å²) in [6, 6.07) is -0.181. The van der Waals surface area contributed by atoms with Gasteiger partial charge in [-0.2, -0.15) is 0 Å². The van der Waals surface area contributed by atoms with E-state index in [0.717, 1.165) is 19.6 Å². The van der Waals surface area contributed by atoms with Crippen LogP contribution in [0.25, 0.3) is 0 Å². The molecule has 1 saturated carbocycles. The minimum absolute atomic E-state index is 0.127. The SMILES string of the molecule is O=C(C1C=CCN1)N1C[C@H]2C[C@H](O)[C@H](O)C[C@H]2C1. The number of nitrogens with one attached hydrogen (secondary N) is 1. The first kappa shape index (κ1) is 12.1. The Morgan fingerprint density at radius 1 is 1.17 bits per heavy atom. The zero-order chi connectivity index (χ0) is 12.7. The molecule has 0 radical (unpaired) electrons. The third kappa shape index (κ3) is 2.06. The van der Waals surface area contributed by atoms with E-state index in [0.29, 0.717) is 24.7 Å². The smallest absolute Gasteiger partial charge is 0.243 e. The van der Waals surface area contributed by atoms with Gasteiger partial charge in [-0.05, 0) is 24.7 Å². The van der Waals surface area contributed by atoms with Crippen LogP contribution in [-0.2, 0) is 4.79 Å². The molecule has 0 aromatic rings. The molecule has 0 bridgehead atoms. The van der Waals surface area contributed by atoms with Crippen LogP contribution in [0.5, 0.6) is 0 Å². The second-order valence-electron chi connectivity index (χ2n) is 5.68. The molecule has 1 amide bonds. The third-order valence-corrected chi connectivity index (χ3v) is 4.47. The first-order valence-electron chi connectivity index (χ1n) is 6.70. The highest BCUT2D eigenvalue weighted by Gasteiger charge is 2.43. The van der Waals surface area contributed by atoms with Crippen molar-refractivity contribution in [2.75, 3.05) is 19.6 Å². The fourth-order valence-corrected chi connectivity index (χ4v) is 3.42. The Kier molecular flexibility index (Phi) is 3.13. The van der Waals surface area contributed by atoms with Crippen LogP contribution in [-0.4, -0.2) is 58.9 Å². The Bertz CT molecular complexity index is 353. The van der Waals surface area contributed by atoms with Gasteiger partial charge in [0, 0.05) is 19.6 Å². The number of amides is 1. The van der Waals surface area contributed by atoms with Crippen LogP contribution < -0.4 is 5.32 Å². The van der Waals surface area contributed by atoms with Crippen molar-refractivity contribution in [1.82, 2.24) is 10.2 Å². The number of hydrogen-bond acceptors (Lipinski definition) is 4. The van der Waals surface area contributed by atoms with Crippen molar-refractivity contribution in [3.8, 4) is 0 Å². The predicted molar refractivity (Wildman–Crippen MR) is 65.7 cm³/mol. The Morgan fingerprint density at radius 3 is 2.28 bits per heavy atom. The van der Waals surface area contributed by atoms with Gasteiger partial charge >= 0.3 is 0 Å². The number of likely N-dealkylation sites (tertiary alicyclic amines) is 1. The first-order valence-corrected chi connectivity index (χ1v) is 6.70. The third-order valence-electron chi connectivity index (χ3n) is 4.47. The lowest BCUT2D eigenvalue weighted by atomic mass is 9.79. The monoisotopic (exact) mass is 252 g/mol. The van der Waals surface area contributed by atoms with Crippen LogP contribution in [0.4, 0.5) is 0 Å². The maximum atomic E-state index is 12.2. The summed E-state index contributed by atoms with van der Waals surface area (Å²) < 4.78 is 0. The zero-order valence-electron chi connectivity index (χ0n) is 10.3. The molecule has 3 aliphatic rings. The quantitative estimate of drug-likeness (QED) is 0.529. The summed E-state index contributed by atoms with van der Waals surface area (Å²) >= 11 is 0. The van der Waals surface area contributed by atoms with Crippen LogP contribution in [0.3, 0.4) is 0 Å². The molecule has 2 aliphatic heterocycles. The van der Waals surface area contributed by atoms with Gasteiger partial charge in [-0.15, -0.1) is 0 Å². The molecule has 1 saturated heterocycles. The lowest BCUT2D eigenvalue weighted by Gasteiger charge is -2.31. The van der Waals surface area contributed by atoms with Crippen molar-refractivity contribution >= 4 is 5.91 Å². The number of rotatable bonds is 1. The first-order chi connectivity index (χ1) is 8.65. The lowest BCUT2D eigenvalue weighted by molar-refractivity contribution is -0.131. The molecule has 5 nitrogen and oxygen atoms in total. The van der Waals surface area contributed by atoms with Crippen LogP contribution in [0.2, 0.25) is 0 Å². The number of hydrogen-bond donors (Lipinski definition) is 3. The molecule has 0 spiro atoms. The summed E-state index contributed by atoms with van der Waals surface area (Å²) in [6.45, 7) is 2.20. The number of nitrogens with zero attached hydrogens (tertiary/aromatic N) is 1. The topological polar surface area (TPSA) is 72.8 Å². The number of aliphatic hydroxyl groups is 2. The maximum absolute atomic E-state index is 12.2. The van der Waals surface area contributed by atoms with Crippen LogP contribution in [0.15, 0.2) is 12.2 Å². The van der Waals surface area contributed by atoms with Crippen molar-refractivity contribution in [1.29, 1.82) is 0 Å². The van der Waals surface area contributed by atoms with E-state index in [1.165, 1.54) is 0 Å². The van der Waals surface area contributed by atoms with E-state index in [-0.39, 0.29) is 11.9 Å². The molecule has 1 unspecified atom stereocenters. The van der Waals surface area contributed by atoms with E-state index in [1.54, 1.807) is 0 Å². The van der Waals surface area contributed by atoms with Gasteiger partial charge in [-0.3, -0.25) is 10.1 Å². The van der Waals surface area contributed by atoms with Gasteiger partial charge in [0.15, 0.2) is 0 Å². The number of carbonyl (C=O) groups is 1. The summed E-state index contributed by atoms with van der Waals surface area (Å²) in [4.78, 5) is 14.1. The van der Waals surface area contributed by atoms with Crippen LogP contribution in [0, 0.1) is 11.8 Å². The zero-order valence-corrected chi connectivity index (χ0v) is 10.3. The van der Waals surface area contributed by atoms with Crippen molar-refractivity contribution in [2.24, 2.45) is 11.8 Å². The summed E-state index contributed by atoms with van der Waals surface area (Å²) in [6.07, 6.45) is 3.87. The van der Waals surface area contributed by atoms with Gasteiger partial charge in [0.2, 0.25) is 5.91 Å². The normalized spacial score (nSPS) is 43.2. The Morgan fingerprint density at radius 2 is 1.78 bits per heavy atom. The molecule has 1 aliphatic carbocycles. The van der Waals surface area contributed by atoms with E-state index in [9.17, 15) is 15.0 Å². The summed E-state index contributed by atoms with van der Waals surface area (Å²) in [5.41, 5.74) is 0. The molecule has 3 rings (SSSR count). The molecular weight excluding hydrogens is 232 g/mol.